The lowest BCUT2D eigenvalue weighted by atomic mass is 9.67. The Balaban J connectivity index is 1.56. The molecule has 0 N–H and O–H groups in total. The molecule has 1 spiro atoms. The number of nitrogens with zero attached hydrogens (tertiary/aromatic N) is 3. The summed E-state index contributed by atoms with van der Waals surface area (Å²) in [6.07, 6.45) is 0. The number of carbonyl (C=O) groups excluding carboxylic acids is 3. The van der Waals surface area contributed by atoms with Crippen LogP contribution in [-0.2, 0) is 9.53 Å². The molecule has 0 aliphatic carbocycles. The van der Waals surface area contributed by atoms with Gasteiger partial charge in [0.05, 0.1) is 24.7 Å². The number of fused-ring (bicyclic) bond motifs is 1. The monoisotopic (exact) mass is 447 g/mol. The van der Waals surface area contributed by atoms with Crippen molar-refractivity contribution in [3.63, 3.8) is 0 Å². The first kappa shape index (κ1) is 21.6. The SMILES string of the molecule is CC(C)N1C(=O)c2ccccc2C(C(=O)N2CCOCC2)C12CN(C(=O)c1ccccc1)C2. The van der Waals surface area contributed by atoms with Gasteiger partial charge in [-0.05, 0) is 37.6 Å². The van der Waals surface area contributed by atoms with E-state index in [0.717, 1.165) is 5.56 Å². The lowest BCUT2D eigenvalue weighted by Gasteiger charge is -2.62. The van der Waals surface area contributed by atoms with Gasteiger partial charge < -0.3 is 19.4 Å². The van der Waals surface area contributed by atoms with Crippen molar-refractivity contribution >= 4 is 17.7 Å². The van der Waals surface area contributed by atoms with Gasteiger partial charge in [0, 0.05) is 43.3 Å². The van der Waals surface area contributed by atoms with Crippen molar-refractivity contribution in [2.24, 2.45) is 0 Å². The smallest absolute Gasteiger partial charge is 0.255 e. The molecule has 172 valence electrons. The second-order valence-corrected chi connectivity index (χ2v) is 9.36. The van der Waals surface area contributed by atoms with Crippen molar-refractivity contribution in [1.82, 2.24) is 14.7 Å². The standard InChI is InChI=1S/C26H29N3O4/c1-18(2)29-24(31)21-11-7-6-10-20(21)22(25(32)27-12-14-33-15-13-27)26(29)16-28(17-26)23(30)19-8-4-3-5-9-19/h3-11,18,22H,12-17H2,1-2H3. The average Bonchev–Trinajstić information content (AvgIpc) is 2.82. The van der Waals surface area contributed by atoms with Crippen LogP contribution in [0.15, 0.2) is 54.6 Å². The van der Waals surface area contributed by atoms with Gasteiger partial charge in [-0.25, -0.2) is 0 Å². The molecule has 0 bridgehead atoms. The molecule has 1 unspecified atom stereocenters. The van der Waals surface area contributed by atoms with E-state index in [9.17, 15) is 14.4 Å². The minimum Gasteiger partial charge on any atom is -0.378 e. The molecule has 2 saturated heterocycles. The maximum absolute atomic E-state index is 14.0. The first-order valence-corrected chi connectivity index (χ1v) is 11.6. The topological polar surface area (TPSA) is 70.2 Å². The van der Waals surface area contributed by atoms with Gasteiger partial charge in [-0.2, -0.15) is 0 Å². The molecule has 5 rings (SSSR count). The number of carbonyl (C=O) groups is 3. The van der Waals surface area contributed by atoms with Crippen molar-refractivity contribution in [3.05, 3.63) is 71.3 Å². The molecular formula is C26H29N3O4. The molecule has 3 heterocycles. The first-order chi connectivity index (χ1) is 15.9. The fourth-order valence-electron chi connectivity index (χ4n) is 5.64. The summed E-state index contributed by atoms with van der Waals surface area (Å²) >= 11 is 0. The summed E-state index contributed by atoms with van der Waals surface area (Å²) in [5.41, 5.74) is 1.19. The molecule has 2 aromatic carbocycles. The molecule has 1 atom stereocenters. The Morgan fingerprint density at radius 1 is 0.939 bits per heavy atom. The third kappa shape index (κ3) is 3.42. The summed E-state index contributed by atoms with van der Waals surface area (Å²) in [6, 6.07) is 16.5. The van der Waals surface area contributed by atoms with Crippen molar-refractivity contribution in [1.29, 1.82) is 0 Å². The summed E-state index contributed by atoms with van der Waals surface area (Å²) in [7, 11) is 0. The second kappa shape index (κ2) is 8.30. The van der Waals surface area contributed by atoms with Crippen LogP contribution in [0.1, 0.15) is 46.0 Å². The van der Waals surface area contributed by atoms with Crippen LogP contribution in [0.5, 0.6) is 0 Å². The zero-order valence-electron chi connectivity index (χ0n) is 19.1. The van der Waals surface area contributed by atoms with Crippen molar-refractivity contribution < 1.29 is 19.1 Å². The molecule has 2 fully saturated rings. The molecule has 3 aliphatic heterocycles. The third-order valence-corrected chi connectivity index (χ3v) is 7.06. The fraction of sp³-hybridized carbons (Fsp3) is 0.423. The number of hydrogen-bond acceptors (Lipinski definition) is 4. The highest BCUT2D eigenvalue weighted by Crippen LogP contribution is 2.48. The molecule has 7 heteroatoms. The molecule has 33 heavy (non-hydrogen) atoms. The van der Waals surface area contributed by atoms with Crippen molar-refractivity contribution in [3.8, 4) is 0 Å². The Morgan fingerprint density at radius 2 is 1.58 bits per heavy atom. The average molecular weight is 448 g/mol. The lowest BCUT2D eigenvalue weighted by molar-refractivity contribution is -0.146. The maximum atomic E-state index is 14.0. The van der Waals surface area contributed by atoms with E-state index in [1.807, 2.05) is 66.1 Å². The molecule has 3 amide bonds. The van der Waals surface area contributed by atoms with Crippen LogP contribution in [0.3, 0.4) is 0 Å². The molecule has 2 aromatic rings. The van der Waals surface area contributed by atoms with Crippen LogP contribution in [0.2, 0.25) is 0 Å². The largest absolute Gasteiger partial charge is 0.378 e. The zero-order valence-corrected chi connectivity index (χ0v) is 19.1. The number of morpholine rings is 1. The molecule has 7 nitrogen and oxygen atoms in total. The van der Waals surface area contributed by atoms with Gasteiger partial charge in [0.1, 0.15) is 0 Å². The molecular weight excluding hydrogens is 418 g/mol. The summed E-state index contributed by atoms with van der Waals surface area (Å²) in [5.74, 6) is -0.658. The van der Waals surface area contributed by atoms with Crippen LogP contribution in [0.25, 0.3) is 0 Å². The van der Waals surface area contributed by atoms with Crippen molar-refractivity contribution in [2.75, 3.05) is 39.4 Å². The van der Waals surface area contributed by atoms with E-state index in [4.69, 9.17) is 4.74 Å². The van der Waals surface area contributed by atoms with E-state index in [-0.39, 0.29) is 23.8 Å². The quantitative estimate of drug-likeness (QED) is 0.725. The molecule has 0 aromatic heterocycles. The van der Waals surface area contributed by atoms with Crippen LogP contribution in [0.4, 0.5) is 0 Å². The van der Waals surface area contributed by atoms with Gasteiger partial charge in [-0.1, -0.05) is 36.4 Å². The van der Waals surface area contributed by atoms with Gasteiger partial charge in [0.25, 0.3) is 11.8 Å². The van der Waals surface area contributed by atoms with E-state index in [2.05, 4.69) is 0 Å². The predicted octanol–water partition coefficient (Wildman–Crippen LogP) is 2.39. The Morgan fingerprint density at radius 3 is 2.24 bits per heavy atom. The molecule has 0 radical (unpaired) electrons. The first-order valence-electron chi connectivity index (χ1n) is 11.6. The minimum absolute atomic E-state index is 0.00992. The van der Waals surface area contributed by atoms with Gasteiger partial charge in [0.15, 0.2) is 0 Å². The Bertz CT molecular complexity index is 1070. The Kier molecular flexibility index (Phi) is 5.44. The lowest BCUT2D eigenvalue weighted by Crippen LogP contribution is -2.78. The van der Waals surface area contributed by atoms with Crippen molar-refractivity contribution in [2.45, 2.75) is 31.3 Å². The summed E-state index contributed by atoms with van der Waals surface area (Å²) in [6.45, 7) is 6.72. The van der Waals surface area contributed by atoms with Gasteiger partial charge in [-0.3, -0.25) is 14.4 Å². The number of rotatable bonds is 3. The highest BCUT2D eigenvalue weighted by molar-refractivity contribution is 6.03. The zero-order chi connectivity index (χ0) is 23.2. The summed E-state index contributed by atoms with van der Waals surface area (Å²) < 4.78 is 5.46. The maximum Gasteiger partial charge on any atom is 0.255 e. The van der Waals surface area contributed by atoms with E-state index in [1.54, 1.807) is 17.0 Å². The molecule has 3 aliphatic rings. The van der Waals surface area contributed by atoms with Crippen LogP contribution >= 0.6 is 0 Å². The van der Waals surface area contributed by atoms with E-state index < -0.39 is 11.5 Å². The van der Waals surface area contributed by atoms with E-state index in [1.165, 1.54) is 0 Å². The van der Waals surface area contributed by atoms with Crippen LogP contribution < -0.4 is 0 Å². The van der Waals surface area contributed by atoms with Crippen LogP contribution in [0, 0.1) is 0 Å². The van der Waals surface area contributed by atoms with Crippen LogP contribution in [-0.4, -0.2) is 83.4 Å². The normalized spacial score (nSPS) is 21.7. The van der Waals surface area contributed by atoms with E-state index >= 15 is 0 Å². The number of likely N-dealkylation sites (tertiary alicyclic amines) is 1. The Hall–Kier alpha value is -3.19. The third-order valence-electron chi connectivity index (χ3n) is 7.06. The highest BCUT2D eigenvalue weighted by Gasteiger charge is 2.62. The van der Waals surface area contributed by atoms with Gasteiger partial charge in [0.2, 0.25) is 5.91 Å². The second-order valence-electron chi connectivity index (χ2n) is 9.36. The Labute approximate surface area is 193 Å². The summed E-state index contributed by atoms with van der Waals surface area (Å²) in [5, 5.41) is 0. The highest BCUT2D eigenvalue weighted by atomic mass is 16.5. The van der Waals surface area contributed by atoms with Gasteiger partial charge in [-0.15, -0.1) is 0 Å². The predicted molar refractivity (Wildman–Crippen MR) is 123 cm³/mol. The number of hydrogen-bond donors (Lipinski definition) is 0. The van der Waals surface area contributed by atoms with Gasteiger partial charge >= 0.3 is 0 Å². The molecule has 0 saturated carbocycles. The summed E-state index contributed by atoms with van der Waals surface area (Å²) in [4.78, 5) is 46.2. The van der Waals surface area contributed by atoms with E-state index in [0.29, 0.717) is 50.5 Å². The number of amides is 3. The number of ether oxygens (including phenoxy) is 1. The fourth-order valence-corrected chi connectivity index (χ4v) is 5.64. The minimum atomic E-state index is -0.764. The number of benzene rings is 2.